The fourth-order valence-corrected chi connectivity index (χ4v) is 3.87. The normalized spacial score (nSPS) is 10.9. The highest BCUT2D eigenvalue weighted by Crippen LogP contribution is 2.20. The number of para-hydroxylation sites is 1. The summed E-state index contributed by atoms with van der Waals surface area (Å²) in [7, 11) is 1.34. The van der Waals surface area contributed by atoms with Crippen LogP contribution in [0.4, 0.5) is 0 Å². The molecule has 0 spiro atoms. The minimum atomic E-state index is -0.390. The van der Waals surface area contributed by atoms with Gasteiger partial charge in [0, 0.05) is 5.75 Å². The molecule has 0 aliphatic rings. The van der Waals surface area contributed by atoms with E-state index in [0.29, 0.717) is 52.0 Å². The molecule has 4 aromatic rings. The zero-order valence-electron chi connectivity index (χ0n) is 16.8. The summed E-state index contributed by atoms with van der Waals surface area (Å²) in [5, 5.41) is 1.17. The first-order valence-corrected chi connectivity index (χ1v) is 10.6. The Hall–Kier alpha value is -3.52. The lowest BCUT2D eigenvalue weighted by molar-refractivity contribution is 0.0600. The number of fused-ring (bicyclic) bond motifs is 1. The van der Waals surface area contributed by atoms with Gasteiger partial charge in [-0.1, -0.05) is 23.9 Å². The molecule has 0 bridgehead atoms. The van der Waals surface area contributed by atoms with Crippen LogP contribution in [0.5, 0.6) is 5.75 Å². The van der Waals surface area contributed by atoms with Crippen molar-refractivity contribution in [3.63, 3.8) is 0 Å². The minimum Gasteiger partial charge on any atom is -0.493 e. The summed E-state index contributed by atoms with van der Waals surface area (Å²) in [5.41, 5.74) is 1.01. The predicted molar refractivity (Wildman–Crippen MR) is 118 cm³/mol. The SMILES string of the molecule is COC(=O)c1ccc(OCCSc2nc3ccccc3c(=O)n2Cc2ccco2)cc1. The number of furan rings is 1. The highest BCUT2D eigenvalue weighted by molar-refractivity contribution is 7.99. The lowest BCUT2D eigenvalue weighted by Gasteiger charge is -2.12. The Kier molecular flexibility index (Phi) is 6.37. The van der Waals surface area contributed by atoms with Crippen LogP contribution in [-0.4, -0.2) is 35.0 Å². The van der Waals surface area contributed by atoms with Crippen LogP contribution in [-0.2, 0) is 11.3 Å². The first-order chi connectivity index (χ1) is 15.2. The average Bonchev–Trinajstić information content (AvgIpc) is 3.32. The van der Waals surface area contributed by atoms with Gasteiger partial charge in [-0.3, -0.25) is 9.36 Å². The first kappa shape index (κ1) is 20.7. The number of thioether (sulfide) groups is 1. The van der Waals surface area contributed by atoms with Crippen molar-refractivity contribution in [3.8, 4) is 5.75 Å². The van der Waals surface area contributed by atoms with Crippen molar-refractivity contribution in [3.05, 3.63) is 88.6 Å². The number of ether oxygens (including phenoxy) is 2. The second-order valence-electron chi connectivity index (χ2n) is 6.60. The van der Waals surface area contributed by atoms with Crippen molar-refractivity contribution in [2.24, 2.45) is 0 Å². The summed E-state index contributed by atoms with van der Waals surface area (Å²) < 4.78 is 17.5. The number of carbonyl (C=O) groups is 1. The zero-order chi connectivity index (χ0) is 21.6. The monoisotopic (exact) mass is 436 g/mol. The predicted octanol–water partition coefficient (Wildman–Crippen LogP) is 4.00. The van der Waals surface area contributed by atoms with Crippen molar-refractivity contribution >= 4 is 28.6 Å². The van der Waals surface area contributed by atoms with Gasteiger partial charge in [0.05, 0.1) is 43.0 Å². The van der Waals surface area contributed by atoms with Crippen LogP contribution < -0.4 is 10.3 Å². The maximum absolute atomic E-state index is 13.0. The van der Waals surface area contributed by atoms with Gasteiger partial charge in [0.15, 0.2) is 5.16 Å². The van der Waals surface area contributed by atoms with Crippen molar-refractivity contribution in [2.75, 3.05) is 19.5 Å². The van der Waals surface area contributed by atoms with E-state index in [-0.39, 0.29) is 11.5 Å². The number of aromatic nitrogens is 2. The van der Waals surface area contributed by atoms with Gasteiger partial charge in [-0.2, -0.15) is 0 Å². The summed E-state index contributed by atoms with van der Waals surface area (Å²) in [6.07, 6.45) is 1.58. The van der Waals surface area contributed by atoms with E-state index in [0.717, 1.165) is 0 Å². The molecule has 4 rings (SSSR count). The Labute approximate surface area is 182 Å². The standard InChI is InChI=1S/C23H20N2O5S/c1-28-22(27)16-8-10-17(11-9-16)30-13-14-31-23-24-20-7-3-2-6-19(20)21(26)25(23)15-18-5-4-12-29-18/h2-12H,13-15H2,1H3. The van der Waals surface area contributed by atoms with Gasteiger partial charge in [-0.25, -0.2) is 9.78 Å². The topological polar surface area (TPSA) is 83.6 Å². The van der Waals surface area contributed by atoms with Gasteiger partial charge >= 0.3 is 5.97 Å². The largest absolute Gasteiger partial charge is 0.493 e. The third-order valence-corrected chi connectivity index (χ3v) is 5.52. The second-order valence-corrected chi connectivity index (χ2v) is 7.66. The van der Waals surface area contributed by atoms with Gasteiger partial charge in [-0.15, -0.1) is 0 Å². The molecule has 0 aliphatic carbocycles. The fraction of sp³-hybridized carbons (Fsp3) is 0.174. The minimum absolute atomic E-state index is 0.108. The van der Waals surface area contributed by atoms with Gasteiger partial charge in [-0.05, 0) is 48.5 Å². The zero-order valence-corrected chi connectivity index (χ0v) is 17.6. The third-order valence-electron chi connectivity index (χ3n) is 4.58. The van der Waals surface area contributed by atoms with Crippen molar-refractivity contribution in [1.82, 2.24) is 9.55 Å². The van der Waals surface area contributed by atoms with E-state index in [1.807, 2.05) is 24.3 Å². The van der Waals surface area contributed by atoms with Crippen LogP contribution in [0.25, 0.3) is 10.9 Å². The van der Waals surface area contributed by atoms with E-state index in [1.54, 1.807) is 47.2 Å². The molecule has 7 nitrogen and oxygen atoms in total. The summed E-state index contributed by atoms with van der Waals surface area (Å²) in [6.45, 7) is 0.716. The maximum atomic E-state index is 13.0. The summed E-state index contributed by atoms with van der Waals surface area (Å²) in [6, 6.07) is 17.7. The van der Waals surface area contributed by atoms with Gasteiger partial charge in [0.2, 0.25) is 0 Å². The van der Waals surface area contributed by atoms with E-state index in [2.05, 4.69) is 9.72 Å². The van der Waals surface area contributed by atoms with Crippen LogP contribution in [0, 0.1) is 0 Å². The number of rotatable bonds is 8. The Morgan fingerprint density at radius 3 is 2.65 bits per heavy atom. The quantitative estimate of drug-likeness (QED) is 0.179. The molecule has 0 radical (unpaired) electrons. The van der Waals surface area contributed by atoms with Gasteiger partial charge in [0.1, 0.15) is 11.5 Å². The molecule has 0 amide bonds. The lowest BCUT2D eigenvalue weighted by atomic mass is 10.2. The van der Waals surface area contributed by atoms with E-state index in [4.69, 9.17) is 9.15 Å². The van der Waals surface area contributed by atoms with Crippen LogP contribution in [0.3, 0.4) is 0 Å². The van der Waals surface area contributed by atoms with Crippen molar-refractivity contribution < 1.29 is 18.7 Å². The van der Waals surface area contributed by atoms with E-state index < -0.39 is 0 Å². The van der Waals surface area contributed by atoms with Gasteiger partial charge in [0.25, 0.3) is 5.56 Å². The van der Waals surface area contributed by atoms with E-state index in [9.17, 15) is 9.59 Å². The third kappa shape index (κ3) is 4.80. The van der Waals surface area contributed by atoms with Crippen LogP contribution >= 0.6 is 11.8 Å². The number of carbonyl (C=O) groups excluding carboxylic acids is 1. The lowest BCUT2D eigenvalue weighted by Crippen LogP contribution is -2.24. The first-order valence-electron chi connectivity index (χ1n) is 9.61. The molecule has 31 heavy (non-hydrogen) atoms. The molecule has 0 saturated heterocycles. The average molecular weight is 436 g/mol. The number of benzene rings is 2. The van der Waals surface area contributed by atoms with E-state index in [1.165, 1.54) is 18.9 Å². The van der Waals surface area contributed by atoms with Crippen LogP contribution in [0.1, 0.15) is 16.1 Å². The fourth-order valence-electron chi connectivity index (χ4n) is 3.05. The van der Waals surface area contributed by atoms with Crippen molar-refractivity contribution in [2.45, 2.75) is 11.7 Å². The van der Waals surface area contributed by atoms with Crippen LogP contribution in [0.2, 0.25) is 0 Å². The Morgan fingerprint density at radius 1 is 1.10 bits per heavy atom. The molecule has 0 unspecified atom stereocenters. The molecule has 0 aliphatic heterocycles. The molecule has 0 saturated carbocycles. The van der Waals surface area contributed by atoms with Crippen LogP contribution in [0.15, 0.2) is 81.3 Å². The summed E-state index contributed by atoms with van der Waals surface area (Å²) in [5.74, 6) is 1.52. The Morgan fingerprint density at radius 2 is 1.90 bits per heavy atom. The Bertz CT molecular complexity index is 1230. The molecule has 158 valence electrons. The molecule has 0 fully saturated rings. The number of nitrogens with zero attached hydrogens (tertiary/aromatic N) is 2. The number of methoxy groups -OCH3 is 1. The number of hydrogen-bond acceptors (Lipinski definition) is 7. The number of esters is 1. The molecule has 0 atom stereocenters. The summed E-state index contributed by atoms with van der Waals surface area (Å²) >= 11 is 1.44. The van der Waals surface area contributed by atoms with Gasteiger partial charge < -0.3 is 13.9 Å². The molecule has 2 aromatic carbocycles. The molecule has 2 heterocycles. The number of hydrogen-bond donors (Lipinski definition) is 0. The second kappa shape index (κ2) is 9.53. The molecule has 2 aromatic heterocycles. The molecular weight excluding hydrogens is 416 g/mol. The highest BCUT2D eigenvalue weighted by Gasteiger charge is 2.13. The Balaban J connectivity index is 1.47. The van der Waals surface area contributed by atoms with Crippen molar-refractivity contribution in [1.29, 1.82) is 0 Å². The smallest absolute Gasteiger partial charge is 0.337 e. The highest BCUT2D eigenvalue weighted by atomic mass is 32.2. The maximum Gasteiger partial charge on any atom is 0.337 e. The molecule has 8 heteroatoms. The molecule has 0 N–H and O–H groups in total. The summed E-state index contributed by atoms with van der Waals surface area (Å²) in [4.78, 5) is 29.2. The van der Waals surface area contributed by atoms with E-state index >= 15 is 0 Å². The molecular formula is C23H20N2O5S.